The lowest BCUT2D eigenvalue weighted by molar-refractivity contribution is 0.0218. The molecule has 0 spiro atoms. The molecule has 0 amide bonds. The van der Waals surface area contributed by atoms with E-state index in [0.29, 0.717) is 11.3 Å². The Balaban J connectivity index is 2.32. The van der Waals surface area contributed by atoms with Crippen LogP contribution in [0.5, 0.6) is 0 Å². The van der Waals surface area contributed by atoms with Crippen LogP contribution in [0.25, 0.3) is 0 Å². The van der Waals surface area contributed by atoms with E-state index >= 15 is 0 Å². The minimum absolute atomic E-state index is 0.0547. The third-order valence-electron chi connectivity index (χ3n) is 3.48. The summed E-state index contributed by atoms with van der Waals surface area (Å²) in [6.07, 6.45) is 3.26. The number of hydrogen-bond acceptors (Lipinski definition) is 2. The van der Waals surface area contributed by atoms with Gasteiger partial charge in [-0.15, -0.1) is 0 Å². The van der Waals surface area contributed by atoms with Gasteiger partial charge in [-0.3, -0.25) is 0 Å². The summed E-state index contributed by atoms with van der Waals surface area (Å²) in [6, 6.07) is 0. The lowest BCUT2D eigenvalue weighted by Gasteiger charge is -2.37. The number of likely N-dealkylation sites (tertiary alicyclic amines) is 1. The average molecular weight is 213 g/mol. The molecule has 0 radical (unpaired) electrons. The molecule has 1 heterocycles. The Hall–Kier alpha value is -0.0800. The molecule has 0 saturated carbocycles. The Labute approximate surface area is 94.7 Å². The van der Waals surface area contributed by atoms with Gasteiger partial charge in [0.25, 0.3) is 0 Å². The van der Waals surface area contributed by atoms with Gasteiger partial charge in [-0.2, -0.15) is 0 Å². The third-order valence-corrected chi connectivity index (χ3v) is 3.48. The van der Waals surface area contributed by atoms with E-state index in [1.807, 2.05) is 0 Å². The van der Waals surface area contributed by atoms with Crippen molar-refractivity contribution in [1.29, 1.82) is 0 Å². The maximum atomic E-state index is 9.79. The van der Waals surface area contributed by atoms with Crippen molar-refractivity contribution in [2.45, 2.75) is 53.1 Å². The monoisotopic (exact) mass is 213 g/mol. The van der Waals surface area contributed by atoms with Crippen molar-refractivity contribution in [3.05, 3.63) is 0 Å². The summed E-state index contributed by atoms with van der Waals surface area (Å²) < 4.78 is 0. The van der Waals surface area contributed by atoms with Crippen LogP contribution in [-0.2, 0) is 0 Å². The first-order valence-electron chi connectivity index (χ1n) is 6.33. The Morgan fingerprint density at radius 2 is 2.00 bits per heavy atom. The van der Waals surface area contributed by atoms with Crippen molar-refractivity contribution in [3.8, 4) is 0 Å². The minimum atomic E-state index is -0.0547. The number of piperidine rings is 1. The van der Waals surface area contributed by atoms with Gasteiger partial charge in [-0.1, -0.05) is 27.7 Å². The normalized spacial score (nSPS) is 29.4. The first-order chi connectivity index (χ1) is 6.92. The zero-order valence-electron chi connectivity index (χ0n) is 10.8. The molecule has 1 N–H and O–H groups in total. The van der Waals surface area contributed by atoms with E-state index in [9.17, 15) is 5.11 Å². The van der Waals surface area contributed by atoms with Crippen molar-refractivity contribution in [3.63, 3.8) is 0 Å². The smallest absolute Gasteiger partial charge is 0.0592 e. The minimum Gasteiger partial charge on any atom is -0.393 e. The highest BCUT2D eigenvalue weighted by molar-refractivity contribution is 4.79. The van der Waals surface area contributed by atoms with Gasteiger partial charge in [0.1, 0.15) is 0 Å². The molecule has 1 aliphatic rings. The Kier molecular flexibility index (Phi) is 4.60. The predicted octanol–water partition coefficient (Wildman–Crippen LogP) is 2.52. The van der Waals surface area contributed by atoms with Crippen LogP contribution in [0, 0.1) is 11.3 Å². The van der Waals surface area contributed by atoms with Crippen LogP contribution in [0.1, 0.15) is 47.0 Å². The molecule has 1 rings (SSSR count). The highest BCUT2D eigenvalue weighted by Gasteiger charge is 2.26. The second-order valence-electron chi connectivity index (χ2n) is 6.14. The number of hydrogen-bond donors (Lipinski definition) is 1. The molecular formula is C13H27NO. The summed E-state index contributed by atoms with van der Waals surface area (Å²) in [7, 11) is 0. The number of nitrogens with zero attached hydrogens (tertiary/aromatic N) is 1. The molecule has 2 atom stereocenters. The molecular weight excluding hydrogens is 186 g/mol. The summed E-state index contributed by atoms with van der Waals surface area (Å²) in [6.45, 7) is 12.4. The first kappa shape index (κ1) is 13.0. The van der Waals surface area contributed by atoms with Crippen LogP contribution in [0.3, 0.4) is 0 Å². The highest BCUT2D eigenvalue weighted by atomic mass is 16.3. The molecule has 1 fully saturated rings. The lowest BCUT2D eigenvalue weighted by atomic mass is 9.89. The van der Waals surface area contributed by atoms with Gasteiger partial charge in [0.15, 0.2) is 0 Å². The quantitative estimate of drug-likeness (QED) is 0.778. The van der Waals surface area contributed by atoms with Crippen LogP contribution >= 0.6 is 0 Å². The molecule has 0 bridgehead atoms. The Bertz CT molecular complexity index is 185. The summed E-state index contributed by atoms with van der Waals surface area (Å²) in [5.74, 6) is 0.499. The molecule has 15 heavy (non-hydrogen) atoms. The van der Waals surface area contributed by atoms with Crippen molar-refractivity contribution in [2.24, 2.45) is 11.3 Å². The van der Waals surface area contributed by atoms with Gasteiger partial charge in [-0.05, 0) is 37.1 Å². The second-order valence-corrected chi connectivity index (χ2v) is 6.14. The fourth-order valence-electron chi connectivity index (χ4n) is 2.19. The van der Waals surface area contributed by atoms with Crippen molar-refractivity contribution in [2.75, 3.05) is 19.6 Å². The molecule has 0 aliphatic carbocycles. The Morgan fingerprint density at radius 1 is 1.33 bits per heavy atom. The average Bonchev–Trinajstić information content (AvgIpc) is 2.15. The summed E-state index contributed by atoms with van der Waals surface area (Å²) in [5.41, 5.74) is 0.428. The van der Waals surface area contributed by atoms with Crippen LogP contribution < -0.4 is 0 Å². The topological polar surface area (TPSA) is 23.5 Å². The van der Waals surface area contributed by atoms with E-state index in [0.717, 1.165) is 25.9 Å². The van der Waals surface area contributed by atoms with E-state index in [-0.39, 0.29) is 6.10 Å². The van der Waals surface area contributed by atoms with Crippen molar-refractivity contribution in [1.82, 2.24) is 4.90 Å². The maximum Gasteiger partial charge on any atom is 0.0592 e. The highest BCUT2D eigenvalue weighted by Crippen LogP contribution is 2.23. The maximum absolute atomic E-state index is 9.79. The lowest BCUT2D eigenvalue weighted by Crippen LogP contribution is -2.43. The molecule has 90 valence electrons. The van der Waals surface area contributed by atoms with E-state index in [1.165, 1.54) is 13.0 Å². The first-order valence-corrected chi connectivity index (χ1v) is 6.33. The molecule has 1 aliphatic heterocycles. The molecule has 0 aromatic heterocycles. The fraction of sp³-hybridized carbons (Fsp3) is 1.00. The van der Waals surface area contributed by atoms with E-state index in [1.54, 1.807) is 0 Å². The van der Waals surface area contributed by atoms with E-state index < -0.39 is 0 Å². The van der Waals surface area contributed by atoms with Crippen LogP contribution in [0.15, 0.2) is 0 Å². The van der Waals surface area contributed by atoms with Gasteiger partial charge in [-0.25, -0.2) is 0 Å². The van der Waals surface area contributed by atoms with Crippen LogP contribution in [0.4, 0.5) is 0 Å². The zero-order chi connectivity index (χ0) is 11.5. The van der Waals surface area contributed by atoms with Crippen LogP contribution in [0.2, 0.25) is 0 Å². The number of rotatable bonds is 3. The largest absolute Gasteiger partial charge is 0.393 e. The summed E-state index contributed by atoms with van der Waals surface area (Å²) in [5, 5.41) is 9.79. The standard InChI is InChI=1S/C13H27NO/c1-5-11-10-14(8-6-12(11)15)9-7-13(2,3)4/h11-12,15H,5-10H2,1-4H3. The zero-order valence-corrected chi connectivity index (χ0v) is 10.8. The molecule has 2 heteroatoms. The molecule has 0 aromatic carbocycles. The fourth-order valence-corrected chi connectivity index (χ4v) is 2.19. The third kappa shape index (κ3) is 4.52. The SMILES string of the molecule is CCC1CN(CCC(C)(C)C)CCC1O. The summed E-state index contributed by atoms with van der Waals surface area (Å²) in [4.78, 5) is 2.52. The molecule has 2 unspecified atom stereocenters. The van der Waals surface area contributed by atoms with Gasteiger partial charge < -0.3 is 10.0 Å². The second kappa shape index (κ2) is 5.31. The molecule has 2 nitrogen and oxygen atoms in total. The van der Waals surface area contributed by atoms with E-state index in [4.69, 9.17) is 0 Å². The van der Waals surface area contributed by atoms with Crippen molar-refractivity contribution < 1.29 is 5.11 Å². The summed E-state index contributed by atoms with van der Waals surface area (Å²) >= 11 is 0. The number of aliphatic hydroxyl groups is 1. The van der Waals surface area contributed by atoms with Gasteiger partial charge >= 0.3 is 0 Å². The number of aliphatic hydroxyl groups excluding tert-OH is 1. The predicted molar refractivity (Wildman–Crippen MR) is 64.9 cm³/mol. The van der Waals surface area contributed by atoms with Gasteiger partial charge in [0.2, 0.25) is 0 Å². The molecule has 1 saturated heterocycles. The van der Waals surface area contributed by atoms with Gasteiger partial charge in [0.05, 0.1) is 6.10 Å². The Morgan fingerprint density at radius 3 is 2.53 bits per heavy atom. The van der Waals surface area contributed by atoms with Crippen LogP contribution in [-0.4, -0.2) is 35.7 Å². The van der Waals surface area contributed by atoms with E-state index in [2.05, 4.69) is 32.6 Å². The van der Waals surface area contributed by atoms with Gasteiger partial charge in [0, 0.05) is 13.1 Å². The molecule has 0 aromatic rings. The van der Waals surface area contributed by atoms with Crippen molar-refractivity contribution >= 4 is 0 Å².